The summed E-state index contributed by atoms with van der Waals surface area (Å²) in [7, 11) is -3.19. The largest absolute Gasteiger partial charge is 0.330 e. The molecule has 0 bridgehead atoms. The molecule has 6 heteroatoms. The fourth-order valence-corrected chi connectivity index (χ4v) is 4.08. The van der Waals surface area contributed by atoms with Gasteiger partial charge in [-0.2, -0.15) is 0 Å². The second kappa shape index (κ2) is 7.41. The van der Waals surface area contributed by atoms with E-state index >= 15 is 0 Å². The zero-order valence-electron chi connectivity index (χ0n) is 11.8. The van der Waals surface area contributed by atoms with Gasteiger partial charge >= 0.3 is 0 Å². The van der Waals surface area contributed by atoms with Crippen molar-refractivity contribution in [3.8, 4) is 0 Å². The van der Waals surface area contributed by atoms with E-state index in [0.29, 0.717) is 25.6 Å². The smallest absolute Gasteiger partial charge is 0.218 e. The van der Waals surface area contributed by atoms with Crippen LogP contribution in [-0.4, -0.2) is 32.4 Å². The third-order valence-electron chi connectivity index (χ3n) is 3.73. The summed E-state index contributed by atoms with van der Waals surface area (Å²) >= 11 is 0. The second-order valence-electron chi connectivity index (χ2n) is 5.32. The number of nitrogens with zero attached hydrogens (tertiary/aromatic N) is 1. The third kappa shape index (κ3) is 4.45. The van der Waals surface area contributed by atoms with Gasteiger partial charge in [-0.05, 0) is 37.8 Å². The Morgan fingerprint density at radius 3 is 2.50 bits per heavy atom. The maximum Gasteiger partial charge on any atom is 0.218 e. The molecule has 1 fully saturated rings. The fraction of sp³-hybridized carbons (Fsp3) is 0.571. The van der Waals surface area contributed by atoms with Crippen molar-refractivity contribution in [1.82, 2.24) is 4.31 Å². The Morgan fingerprint density at radius 1 is 1.30 bits per heavy atom. The summed E-state index contributed by atoms with van der Waals surface area (Å²) in [6.07, 6.45) is 1.76. The number of hydrogen-bond acceptors (Lipinski definition) is 3. The number of halogens is 1. The Kier molecular flexibility index (Phi) is 6.45. The van der Waals surface area contributed by atoms with Crippen molar-refractivity contribution < 1.29 is 8.42 Å². The van der Waals surface area contributed by atoms with Gasteiger partial charge in [0.1, 0.15) is 0 Å². The quantitative estimate of drug-likeness (QED) is 0.922. The molecule has 1 heterocycles. The fourth-order valence-electron chi connectivity index (χ4n) is 2.53. The maximum atomic E-state index is 12.4. The van der Waals surface area contributed by atoms with E-state index in [9.17, 15) is 8.42 Å². The van der Waals surface area contributed by atoms with Gasteiger partial charge in [0.15, 0.2) is 0 Å². The lowest BCUT2D eigenvalue weighted by molar-refractivity contribution is 0.278. The summed E-state index contributed by atoms with van der Waals surface area (Å²) in [6, 6.07) is 7.69. The summed E-state index contributed by atoms with van der Waals surface area (Å²) in [4.78, 5) is 0. The lowest BCUT2D eigenvalue weighted by Crippen LogP contribution is -2.40. The maximum absolute atomic E-state index is 12.4. The molecule has 1 aromatic carbocycles. The molecule has 1 saturated heterocycles. The summed E-state index contributed by atoms with van der Waals surface area (Å²) in [5.41, 5.74) is 7.58. The molecule has 0 aromatic heterocycles. The minimum absolute atomic E-state index is 0. The van der Waals surface area contributed by atoms with Crippen LogP contribution in [0.5, 0.6) is 0 Å². The van der Waals surface area contributed by atoms with Gasteiger partial charge in [-0.25, -0.2) is 12.7 Å². The Morgan fingerprint density at radius 2 is 1.95 bits per heavy atom. The average Bonchev–Trinajstić information content (AvgIpc) is 2.38. The van der Waals surface area contributed by atoms with Gasteiger partial charge in [-0.3, -0.25) is 0 Å². The van der Waals surface area contributed by atoms with E-state index in [-0.39, 0.29) is 18.2 Å². The summed E-state index contributed by atoms with van der Waals surface area (Å²) in [5.74, 6) is 0.576. The highest BCUT2D eigenvalue weighted by Crippen LogP contribution is 2.21. The molecule has 2 rings (SSSR count). The van der Waals surface area contributed by atoms with Gasteiger partial charge in [0.25, 0.3) is 0 Å². The molecule has 0 saturated carbocycles. The Hall–Kier alpha value is -0.620. The molecule has 1 aliphatic rings. The molecule has 114 valence electrons. The minimum Gasteiger partial charge on any atom is -0.330 e. The zero-order valence-corrected chi connectivity index (χ0v) is 13.4. The third-order valence-corrected chi connectivity index (χ3v) is 5.58. The van der Waals surface area contributed by atoms with Crippen LogP contribution in [-0.2, 0) is 15.8 Å². The van der Waals surface area contributed by atoms with Crippen LogP contribution < -0.4 is 5.73 Å². The topological polar surface area (TPSA) is 63.4 Å². The Bertz CT molecular complexity index is 526. The van der Waals surface area contributed by atoms with Crippen molar-refractivity contribution in [2.75, 3.05) is 19.6 Å². The Balaban J connectivity index is 0.00000200. The molecule has 1 aromatic rings. The molecule has 2 N–H and O–H groups in total. The SMILES string of the molecule is Cc1cccc(CS(=O)(=O)N2CCC(CN)CC2)c1.Cl. The predicted octanol–water partition coefficient (Wildman–Crippen LogP) is 1.92. The molecule has 1 aliphatic heterocycles. The molecule has 0 amide bonds. The summed E-state index contributed by atoms with van der Waals surface area (Å²) < 4.78 is 26.3. The van der Waals surface area contributed by atoms with E-state index < -0.39 is 10.0 Å². The van der Waals surface area contributed by atoms with Crippen LogP contribution in [0.3, 0.4) is 0 Å². The Labute approximate surface area is 127 Å². The minimum atomic E-state index is -3.19. The highest BCUT2D eigenvalue weighted by Gasteiger charge is 2.27. The van der Waals surface area contributed by atoms with Gasteiger partial charge in [-0.15, -0.1) is 12.4 Å². The molecule has 0 unspecified atom stereocenters. The first-order valence-electron chi connectivity index (χ1n) is 6.74. The predicted molar refractivity (Wildman–Crippen MR) is 84.4 cm³/mol. The van der Waals surface area contributed by atoms with Crippen LogP contribution >= 0.6 is 12.4 Å². The van der Waals surface area contributed by atoms with E-state index in [1.54, 1.807) is 4.31 Å². The number of nitrogens with two attached hydrogens (primary N) is 1. The van der Waals surface area contributed by atoms with E-state index in [4.69, 9.17) is 5.73 Å². The van der Waals surface area contributed by atoms with Crippen molar-refractivity contribution in [2.45, 2.75) is 25.5 Å². The first-order chi connectivity index (χ1) is 9.01. The van der Waals surface area contributed by atoms with Crippen LogP contribution in [0.25, 0.3) is 0 Å². The van der Waals surface area contributed by atoms with Crippen LogP contribution in [0.15, 0.2) is 24.3 Å². The summed E-state index contributed by atoms with van der Waals surface area (Å²) in [6.45, 7) is 3.85. The average molecular weight is 319 g/mol. The van der Waals surface area contributed by atoms with E-state index in [2.05, 4.69) is 0 Å². The van der Waals surface area contributed by atoms with Crippen molar-refractivity contribution >= 4 is 22.4 Å². The first kappa shape index (κ1) is 17.4. The number of benzene rings is 1. The van der Waals surface area contributed by atoms with Gasteiger partial charge in [-0.1, -0.05) is 29.8 Å². The first-order valence-corrected chi connectivity index (χ1v) is 8.35. The van der Waals surface area contributed by atoms with Crippen LogP contribution in [0.2, 0.25) is 0 Å². The zero-order chi connectivity index (χ0) is 13.9. The monoisotopic (exact) mass is 318 g/mol. The second-order valence-corrected chi connectivity index (χ2v) is 7.29. The molecule has 0 spiro atoms. The van der Waals surface area contributed by atoms with Gasteiger partial charge in [0, 0.05) is 13.1 Å². The number of rotatable bonds is 4. The van der Waals surface area contributed by atoms with Gasteiger partial charge in [0.2, 0.25) is 10.0 Å². The van der Waals surface area contributed by atoms with Crippen LogP contribution in [0, 0.1) is 12.8 Å². The van der Waals surface area contributed by atoms with Crippen molar-refractivity contribution in [3.63, 3.8) is 0 Å². The summed E-state index contributed by atoms with van der Waals surface area (Å²) in [5, 5.41) is 0. The number of aryl methyl sites for hydroxylation is 1. The van der Waals surface area contributed by atoms with Gasteiger partial charge < -0.3 is 5.73 Å². The molecular formula is C14H23ClN2O2S. The lowest BCUT2D eigenvalue weighted by atomic mass is 9.99. The normalized spacial score (nSPS) is 17.7. The van der Waals surface area contributed by atoms with E-state index in [1.165, 1.54) is 0 Å². The molecule has 4 nitrogen and oxygen atoms in total. The number of piperidine rings is 1. The van der Waals surface area contributed by atoms with Crippen molar-refractivity contribution in [3.05, 3.63) is 35.4 Å². The van der Waals surface area contributed by atoms with E-state index in [1.807, 2.05) is 31.2 Å². The number of sulfonamides is 1. The van der Waals surface area contributed by atoms with Crippen LogP contribution in [0.1, 0.15) is 24.0 Å². The van der Waals surface area contributed by atoms with Crippen molar-refractivity contribution in [2.24, 2.45) is 11.7 Å². The molecule has 0 radical (unpaired) electrons. The van der Waals surface area contributed by atoms with Crippen LogP contribution in [0.4, 0.5) is 0 Å². The molecule has 0 aliphatic carbocycles. The number of hydrogen-bond donors (Lipinski definition) is 1. The lowest BCUT2D eigenvalue weighted by Gasteiger charge is -2.30. The molecular weight excluding hydrogens is 296 g/mol. The highest BCUT2D eigenvalue weighted by atomic mass is 35.5. The standard InChI is InChI=1S/C14H22N2O2S.ClH/c1-12-3-2-4-14(9-12)11-19(17,18)16-7-5-13(10-15)6-8-16;/h2-4,9,13H,5-8,10-11,15H2,1H3;1H. The van der Waals surface area contributed by atoms with E-state index in [0.717, 1.165) is 24.0 Å². The van der Waals surface area contributed by atoms with Crippen molar-refractivity contribution in [1.29, 1.82) is 0 Å². The van der Waals surface area contributed by atoms with Gasteiger partial charge in [0.05, 0.1) is 5.75 Å². The molecule has 0 atom stereocenters. The molecule has 20 heavy (non-hydrogen) atoms. The highest BCUT2D eigenvalue weighted by molar-refractivity contribution is 7.88.